The molecule has 0 radical (unpaired) electrons. The van der Waals surface area contributed by atoms with Crippen LogP contribution in [0.4, 0.5) is 23.0 Å². The van der Waals surface area contributed by atoms with Gasteiger partial charge in [0.15, 0.2) is 0 Å². The second kappa shape index (κ2) is 8.31. The maximum atomic E-state index is 11.2. The van der Waals surface area contributed by atoms with E-state index >= 15 is 0 Å². The van der Waals surface area contributed by atoms with E-state index in [2.05, 4.69) is 45.0 Å². The molecule has 0 aliphatic heterocycles. The summed E-state index contributed by atoms with van der Waals surface area (Å²) in [5.74, 6) is 2.01. The summed E-state index contributed by atoms with van der Waals surface area (Å²) in [6.07, 6.45) is 0. The highest BCUT2D eigenvalue weighted by Crippen LogP contribution is 2.21. The molecule has 3 aromatic rings. The molecule has 0 atom stereocenters. The lowest BCUT2D eigenvalue weighted by molar-refractivity contribution is -0.114. The van der Waals surface area contributed by atoms with Crippen LogP contribution in [0.3, 0.4) is 0 Å². The number of rotatable bonds is 6. The molecule has 3 N–H and O–H groups in total. The van der Waals surface area contributed by atoms with E-state index in [1.54, 1.807) is 0 Å². The Morgan fingerprint density at radius 2 is 1.67 bits per heavy atom. The van der Waals surface area contributed by atoms with Crippen LogP contribution in [0.1, 0.15) is 23.9 Å². The third-order valence-electron chi connectivity index (χ3n) is 4.01. The normalized spacial score (nSPS) is 10.3. The molecule has 0 unspecified atom stereocenters. The first-order chi connectivity index (χ1) is 13.0. The average Bonchev–Trinajstić information content (AvgIpc) is 2.60. The number of nitrogens with one attached hydrogen (secondary N) is 3. The fourth-order valence-corrected chi connectivity index (χ4v) is 2.74. The lowest BCUT2D eigenvalue weighted by Gasteiger charge is -2.12. The highest BCUT2D eigenvalue weighted by Gasteiger charge is 2.05. The molecule has 0 aliphatic rings. The van der Waals surface area contributed by atoms with Crippen molar-refractivity contribution in [2.45, 2.75) is 27.3 Å². The molecule has 0 aliphatic carbocycles. The fourth-order valence-electron chi connectivity index (χ4n) is 2.74. The van der Waals surface area contributed by atoms with E-state index in [0.717, 1.165) is 17.2 Å². The van der Waals surface area contributed by atoms with Crippen molar-refractivity contribution in [1.82, 2.24) is 9.97 Å². The van der Waals surface area contributed by atoms with E-state index in [4.69, 9.17) is 0 Å². The maximum absolute atomic E-state index is 11.2. The molecule has 0 spiro atoms. The van der Waals surface area contributed by atoms with Crippen LogP contribution in [0.15, 0.2) is 54.6 Å². The molecule has 0 bridgehead atoms. The zero-order valence-electron chi connectivity index (χ0n) is 15.7. The zero-order valence-corrected chi connectivity index (χ0v) is 15.7. The van der Waals surface area contributed by atoms with Gasteiger partial charge in [-0.1, -0.05) is 30.3 Å². The van der Waals surface area contributed by atoms with Crippen LogP contribution < -0.4 is 16.0 Å². The van der Waals surface area contributed by atoms with Gasteiger partial charge in [0.25, 0.3) is 0 Å². The van der Waals surface area contributed by atoms with Gasteiger partial charge in [0.1, 0.15) is 17.5 Å². The number of aromatic nitrogens is 2. The average molecular weight is 361 g/mol. The number of amides is 1. The van der Waals surface area contributed by atoms with Crippen molar-refractivity contribution in [3.63, 3.8) is 0 Å². The summed E-state index contributed by atoms with van der Waals surface area (Å²) in [7, 11) is 0. The van der Waals surface area contributed by atoms with Crippen molar-refractivity contribution >= 4 is 28.9 Å². The summed E-state index contributed by atoms with van der Waals surface area (Å²) >= 11 is 0. The number of hydrogen-bond acceptors (Lipinski definition) is 5. The topological polar surface area (TPSA) is 78.9 Å². The monoisotopic (exact) mass is 361 g/mol. The van der Waals surface area contributed by atoms with Crippen LogP contribution >= 0.6 is 0 Å². The first-order valence-corrected chi connectivity index (χ1v) is 8.78. The summed E-state index contributed by atoms with van der Waals surface area (Å²) < 4.78 is 0. The van der Waals surface area contributed by atoms with Crippen molar-refractivity contribution < 1.29 is 4.79 Å². The summed E-state index contributed by atoms with van der Waals surface area (Å²) in [6, 6.07) is 17.6. The molecule has 1 amide bonds. The maximum Gasteiger partial charge on any atom is 0.221 e. The van der Waals surface area contributed by atoms with Crippen molar-refractivity contribution in [3.05, 3.63) is 71.5 Å². The lowest BCUT2D eigenvalue weighted by atomic mass is 10.1. The molecule has 1 aromatic heterocycles. The Morgan fingerprint density at radius 1 is 0.926 bits per heavy atom. The third-order valence-corrected chi connectivity index (χ3v) is 4.01. The van der Waals surface area contributed by atoms with Crippen LogP contribution in [-0.2, 0) is 11.3 Å². The minimum Gasteiger partial charge on any atom is -0.366 e. The number of aryl methyl sites for hydroxylation is 2. The molecule has 6 heteroatoms. The molecule has 0 saturated carbocycles. The van der Waals surface area contributed by atoms with Crippen molar-refractivity contribution in [2.75, 3.05) is 16.0 Å². The Labute approximate surface area is 159 Å². The Bertz CT molecular complexity index is 955. The SMILES string of the molecule is CC(=O)Nc1cccc(Nc2cc(NCc3ccccc3C)nc(C)n2)c1. The fraction of sp³-hybridized carbons (Fsp3) is 0.190. The van der Waals surface area contributed by atoms with Gasteiger partial charge in [-0.15, -0.1) is 0 Å². The predicted octanol–water partition coefficient (Wildman–Crippen LogP) is 4.41. The molecule has 1 heterocycles. The van der Waals surface area contributed by atoms with Crippen LogP contribution in [0.2, 0.25) is 0 Å². The third kappa shape index (κ3) is 5.28. The molecular formula is C21H23N5O. The van der Waals surface area contributed by atoms with Gasteiger partial charge < -0.3 is 16.0 Å². The predicted molar refractivity (Wildman–Crippen MR) is 109 cm³/mol. The van der Waals surface area contributed by atoms with E-state index in [1.165, 1.54) is 18.1 Å². The summed E-state index contributed by atoms with van der Waals surface area (Å²) in [5.41, 5.74) is 4.04. The van der Waals surface area contributed by atoms with Gasteiger partial charge in [0.05, 0.1) is 0 Å². The van der Waals surface area contributed by atoms with E-state index in [9.17, 15) is 4.79 Å². The smallest absolute Gasteiger partial charge is 0.221 e. The quantitative estimate of drug-likeness (QED) is 0.606. The summed E-state index contributed by atoms with van der Waals surface area (Å²) in [5, 5.41) is 9.40. The largest absolute Gasteiger partial charge is 0.366 e. The second-order valence-electron chi connectivity index (χ2n) is 6.35. The van der Waals surface area contributed by atoms with Gasteiger partial charge in [0.2, 0.25) is 5.91 Å². The first kappa shape index (κ1) is 18.4. The van der Waals surface area contributed by atoms with Crippen LogP contribution in [0, 0.1) is 13.8 Å². The number of benzene rings is 2. The highest BCUT2D eigenvalue weighted by atomic mass is 16.1. The van der Waals surface area contributed by atoms with Gasteiger partial charge in [0, 0.05) is 30.9 Å². The molecule has 138 valence electrons. The second-order valence-corrected chi connectivity index (χ2v) is 6.35. The lowest BCUT2D eigenvalue weighted by Crippen LogP contribution is -2.07. The number of nitrogens with zero attached hydrogens (tertiary/aromatic N) is 2. The Balaban J connectivity index is 1.73. The van der Waals surface area contributed by atoms with Crippen molar-refractivity contribution in [3.8, 4) is 0 Å². The number of carbonyl (C=O) groups excluding carboxylic acids is 1. The number of carbonyl (C=O) groups is 1. The Morgan fingerprint density at radius 3 is 2.44 bits per heavy atom. The molecule has 2 aromatic carbocycles. The van der Waals surface area contributed by atoms with Gasteiger partial charge >= 0.3 is 0 Å². The highest BCUT2D eigenvalue weighted by molar-refractivity contribution is 5.89. The Kier molecular flexibility index (Phi) is 5.66. The summed E-state index contributed by atoms with van der Waals surface area (Å²) in [4.78, 5) is 20.1. The first-order valence-electron chi connectivity index (χ1n) is 8.78. The summed E-state index contributed by atoms with van der Waals surface area (Å²) in [6.45, 7) is 6.13. The van der Waals surface area contributed by atoms with Crippen LogP contribution in [0.5, 0.6) is 0 Å². The van der Waals surface area contributed by atoms with Crippen LogP contribution in [-0.4, -0.2) is 15.9 Å². The molecular weight excluding hydrogens is 338 g/mol. The minimum absolute atomic E-state index is 0.104. The van der Waals surface area contributed by atoms with Gasteiger partial charge in [-0.2, -0.15) is 0 Å². The van der Waals surface area contributed by atoms with Crippen molar-refractivity contribution in [1.29, 1.82) is 0 Å². The standard InChI is InChI=1S/C21H23N5O/c1-14-7-4-5-8-17(14)13-22-20-12-21(24-15(2)23-20)26-19-10-6-9-18(11-19)25-16(3)27/h4-12H,13H2,1-3H3,(H,25,27)(H2,22,23,24,26). The van der Waals surface area contributed by atoms with E-state index < -0.39 is 0 Å². The van der Waals surface area contributed by atoms with Gasteiger partial charge in [-0.05, 0) is 43.2 Å². The molecule has 3 rings (SSSR count). The van der Waals surface area contributed by atoms with E-state index in [1.807, 2.05) is 49.4 Å². The number of anilines is 4. The minimum atomic E-state index is -0.104. The molecule has 0 fully saturated rings. The molecule has 27 heavy (non-hydrogen) atoms. The number of hydrogen-bond donors (Lipinski definition) is 3. The Hall–Kier alpha value is -3.41. The van der Waals surface area contributed by atoms with E-state index in [0.29, 0.717) is 18.2 Å². The molecule has 0 saturated heterocycles. The van der Waals surface area contributed by atoms with Crippen molar-refractivity contribution in [2.24, 2.45) is 0 Å². The zero-order chi connectivity index (χ0) is 19.2. The molecule has 6 nitrogen and oxygen atoms in total. The van der Waals surface area contributed by atoms with Gasteiger partial charge in [-0.25, -0.2) is 9.97 Å². The van der Waals surface area contributed by atoms with Crippen LogP contribution in [0.25, 0.3) is 0 Å². The van der Waals surface area contributed by atoms with Gasteiger partial charge in [-0.3, -0.25) is 4.79 Å². The van der Waals surface area contributed by atoms with E-state index in [-0.39, 0.29) is 5.91 Å².